The van der Waals surface area contributed by atoms with Crippen molar-refractivity contribution in [3.05, 3.63) is 24.3 Å². The van der Waals surface area contributed by atoms with Gasteiger partial charge in [-0.05, 0) is 25.7 Å². The van der Waals surface area contributed by atoms with E-state index in [9.17, 15) is 49.2 Å². The summed E-state index contributed by atoms with van der Waals surface area (Å²) in [5, 5.41) is 63.4. The third-order valence-electron chi connectivity index (χ3n) is 8.03. The van der Waals surface area contributed by atoms with Crippen molar-refractivity contribution in [3.8, 4) is 0 Å². The number of hydrogen-bond donors (Lipinski definition) is 6. The summed E-state index contributed by atoms with van der Waals surface area (Å²) >= 11 is 0. The molecule has 0 saturated heterocycles. The molecule has 0 bridgehead atoms. The summed E-state index contributed by atoms with van der Waals surface area (Å²) in [6, 6.07) is 0. The van der Waals surface area contributed by atoms with Crippen LogP contribution in [0.25, 0.3) is 0 Å². The summed E-state index contributed by atoms with van der Waals surface area (Å²) in [5.41, 5.74) is 0. The average Bonchev–Trinajstić information content (AvgIpc) is 3.05. The zero-order valence-corrected chi connectivity index (χ0v) is 32.7. The second-order valence-corrected chi connectivity index (χ2v) is 12.0. The Morgan fingerprint density at radius 2 is 0.863 bits per heavy atom. The van der Waals surface area contributed by atoms with E-state index in [0.717, 1.165) is 12.8 Å². The molecule has 16 nitrogen and oxygen atoms in total. The molecule has 6 N–H and O–H groups in total. The second kappa shape index (κ2) is 33.2. The number of carbonyl (C=O) groups excluding carboxylic acids is 4. The molecule has 0 aromatic rings. The minimum atomic E-state index is -1.22. The molecule has 2 unspecified atom stereocenters. The molecule has 0 saturated carbocycles. The van der Waals surface area contributed by atoms with E-state index >= 15 is 0 Å². The van der Waals surface area contributed by atoms with E-state index in [-0.39, 0.29) is 137 Å². The first kappa shape index (κ1) is 52.8. The number of aliphatic hydroxyl groups is 2. The molecule has 0 aromatic carbocycles. The number of carbonyl (C=O) groups is 6. The van der Waals surface area contributed by atoms with E-state index in [4.69, 9.17) is 10.2 Å². The number of amides is 2. The summed E-state index contributed by atoms with van der Waals surface area (Å²) in [6.45, 7) is 6.11. The summed E-state index contributed by atoms with van der Waals surface area (Å²) in [7, 11) is 0. The average molecular weight is 757 g/mol. The Hall–Kier alpha value is -2.60. The van der Waals surface area contributed by atoms with Gasteiger partial charge in [0, 0.05) is 37.6 Å². The molecule has 51 heavy (non-hydrogen) atoms. The van der Waals surface area contributed by atoms with Crippen LogP contribution < -0.4 is 20.8 Å². The molecule has 17 heteroatoms. The number of quaternary nitrogens is 2. The van der Waals surface area contributed by atoms with Crippen LogP contribution in [0.5, 0.6) is 0 Å². The third-order valence-corrected chi connectivity index (χ3v) is 8.03. The fourth-order valence-electron chi connectivity index (χ4n) is 5.13. The van der Waals surface area contributed by atoms with Crippen LogP contribution >= 0.6 is 0 Å². The number of carboxylic acids is 4. The van der Waals surface area contributed by atoms with Gasteiger partial charge < -0.3 is 59.8 Å². The number of hydrogen-bond acceptors (Lipinski definition) is 10. The first-order valence-corrected chi connectivity index (χ1v) is 17.3. The molecule has 0 radical (unpaired) electrons. The minimum absolute atomic E-state index is 0. The smallest absolute Gasteiger partial charge is 0.550 e. The Bertz CT molecular complexity index is 954. The van der Waals surface area contributed by atoms with Crippen LogP contribution in [-0.4, -0.2) is 181 Å². The SMILES string of the molecule is CC/C=C/CCC(=O)NCC[N+](CCO)(CCC(=O)[O-])CCC(=O)O.CC/C=C/CCC(=O)NCC[N+](CCO)(CCC(=O)[O-])CCC(=O)O.[Ca+2]. The zero-order chi connectivity index (χ0) is 38.3. The number of nitrogens with one attached hydrogen (secondary N) is 2. The number of aliphatic carboxylic acids is 4. The van der Waals surface area contributed by atoms with E-state index in [2.05, 4.69) is 10.6 Å². The molecule has 0 heterocycles. The van der Waals surface area contributed by atoms with Gasteiger partial charge in [0.1, 0.15) is 13.1 Å². The topological polar surface area (TPSA) is 254 Å². The molecule has 288 valence electrons. The molecule has 0 aliphatic rings. The zero-order valence-electron chi connectivity index (χ0n) is 30.5. The number of allylic oxidation sites excluding steroid dienone is 4. The fraction of sp³-hybridized carbons (Fsp3) is 0.706. The standard InChI is InChI=1S/2C17H30N2O6.Ca/c2*1-2-3-4-5-6-15(21)18-9-12-19(13-14-20,10-7-16(22)23)11-8-17(24)25;/h2*3-4,20H,2,5-14H2,1H3,(H2-,18,21,22,23,24,25);/q;;+2/b2*4-3+;. The van der Waals surface area contributed by atoms with E-state index in [0.29, 0.717) is 51.9 Å². The van der Waals surface area contributed by atoms with Crippen LogP contribution in [0.4, 0.5) is 0 Å². The first-order valence-electron chi connectivity index (χ1n) is 17.3. The van der Waals surface area contributed by atoms with Crippen molar-refractivity contribution in [1.82, 2.24) is 10.6 Å². The van der Waals surface area contributed by atoms with E-state index in [1.807, 2.05) is 38.2 Å². The molecule has 0 aliphatic carbocycles. The summed E-state index contributed by atoms with van der Waals surface area (Å²) in [6.07, 6.45) is 11.0. The molecule has 0 fully saturated rings. The Labute approximate surface area is 331 Å². The van der Waals surface area contributed by atoms with Gasteiger partial charge in [-0.2, -0.15) is 0 Å². The largest absolute Gasteiger partial charge is 2.00 e. The molecule has 0 aromatic heterocycles. The van der Waals surface area contributed by atoms with Crippen molar-refractivity contribution in [2.45, 2.75) is 78.1 Å². The van der Waals surface area contributed by atoms with Gasteiger partial charge >= 0.3 is 49.7 Å². The third kappa shape index (κ3) is 31.8. The first-order chi connectivity index (χ1) is 23.7. The van der Waals surface area contributed by atoms with Gasteiger partial charge in [-0.15, -0.1) is 0 Å². The van der Waals surface area contributed by atoms with Crippen molar-refractivity contribution in [1.29, 1.82) is 0 Å². The van der Waals surface area contributed by atoms with E-state index in [1.54, 1.807) is 0 Å². The molecule has 0 spiro atoms. The van der Waals surface area contributed by atoms with Crippen molar-refractivity contribution < 1.29 is 68.4 Å². The Kier molecular flexibility index (Phi) is 34.4. The van der Waals surface area contributed by atoms with Gasteiger partial charge in [0.05, 0.1) is 78.4 Å². The summed E-state index contributed by atoms with van der Waals surface area (Å²) < 4.78 is 0.236. The van der Waals surface area contributed by atoms with Crippen LogP contribution in [0.2, 0.25) is 0 Å². The van der Waals surface area contributed by atoms with E-state index in [1.165, 1.54) is 0 Å². The summed E-state index contributed by atoms with van der Waals surface area (Å²) in [4.78, 5) is 66.8. The maximum atomic E-state index is 11.8. The van der Waals surface area contributed by atoms with Crippen molar-refractivity contribution in [3.63, 3.8) is 0 Å². The van der Waals surface area contributed by atoms with Gasteiger partial charge in [0.15, 0.2) is 0 Å². The number of carboxylic acid groups (broad SMARTS) is 4. The fourth-order valence-corrected chi connectivity index (χ4v) is 5.13. The minimum Gasteiger partial charge on any atom is -0.550 e. The monoisotopic (exact) mass is 756 g/mol. The predicted molar refractivity (Wildman–Crippen MR) is 186 cm³/mol. The number of nitrogens with zero attached hydrogens (tertiary/aromatic N) is 2. The number of aliphatic hydroxyl groups excluding tert-OH is 2. The maximum Gasteiger partial charge on any atom is 2.00 e. The van der Waals surface area contributed by atoms with Crippen LogP contribution in [-0.2, 0) is 28.8 Å². The molecule has 2 amide bonds. The quantitative estimate of drug-likeness (QED) is 0.0269. The van der Waals surface area contributed by atoms with Gasteiger partial charge in [-0.1, -0.05) is 38.2 Å². The van der Waals surface area contributed by atoms with Crippen LogP contribution in [0.15, 0.2) is 24.3 Å². The Balaban J connectivity index is -0.000000886. The predicted octanol–water partition coefficient (Wildman–Crippen LogP) is -1.84. The van der Waals surface area contributed by atoms with Gasteiger partial charge in [0.25, 0.3) is 0 Å². The van der Waals surface area contributed by atoms with Crippen LogP contribution in [0.3, 0.4) is 0 Å². The van der Waals surface area contributed by atoms with Crippen molar-refractivity contribution >= 4 is 73.4 Å². The Morgan fingerprint density at radius 1 is 0.529 bits per heavy atom. The van der Waals surface area contributed by atoms with Crippen LogP contribution in [0.1, 0.15) is 78.1 Å². The molecule has 2 atom stereocenters. The van der Waals surface area contributed by atoms with Gasteiger partial charge in [-0.25, -0.2) is 0 Å². The molecular weight excluding hydrogens is 696 g/mol. The van der Waals surface area contributed by atoms with Gasteiger partial charge in [-0.3, -0.25) is 19.2 Å². The van der Waals surface area contributed by atoms with Gasteiger partial charge in [0.2, 0.25) is 11.8 Å². The number of rotatable bonds is 30. The molecule has 0 aliphatic heterocycles. The van der Waals surface area contributed by atoms with Crippen molar-refractivity contribution in [2.24, 2.45) is 0 Å². The van der Waals surface area contributed by atoms with Crippen molar-refractivity contribution in [2.75, 3.05) is 78.7 Å². The van der Waals surface area contributed by atoms with E-state index < -0.39 is 23.9 Å². The normalized spacial score (nSPS) is 13.3. The molecular formula is C34H60CaN4O12+2. The maximum absolute atomic E-state index is 11.8. The second-order valence-electron chi connectivity index (χ2n) is 12.0. The molecule has 0 rings (SSSR count). The Morgan fingerprint density at radius 3 is 1.14 bits per heavy atom. The van der Waals surface area contributed by atoms with Crippen LogP contribution in [0, 0.1) is 0 Å². The summed E-state index contributed by atoms with van der Waals surface area (Å²) in [5.74, 6) is -4.63.